The molecule has 7 nitrogen and oxygen atoms in total. The van der Waals surface area contributed by atoms with E-state index in [0.29, 0.717) is 12.0 Å². The highest BCUT2D eigenvalue weighted by atomic mass is 15.2. The lowest BCUT2D eigenvalue weighted by Crippen LogP contribution is -2.32. The van der Waals surface area contributed by atoms with E-state index in [2.05, 4.69) is 51.6 Å². The van der Waals surface area contributed by atoms with Crippen molar-refractivity contribution in [3.63, 3.8) is 0 Å². The first kappa shape index (κ1) is 19.9. The fraction of sp³-hybridized carbons (Fsp3) is 0.417. The zero-order valence-electron chi connectivity index (χ0n) is 18.4. The quantitative estimate of drug-likeness (QED) is 0.489. The molecule has 0 unspecified atom stereocenters. The Kier molecular flexibility index (Phi) is 5.28. The molecular formula is C24H29N7. The lowest BCUT2D eigenvalue weighted by molar-refractivity contribution is 0.203. The van der Waals surface area contributed by atoms with Gasteiger partial charge >= 0.3 is 0 Å². The second-order valence-electron chi connectivity index (χ2n) is 8.82. The molecule has 1 fully saturated rings. The monoisotopic (exact) mass is 415 g/mol. The second-order valence-corrected chi connectivity index (χ2v) is 8.82. The molecule has 1 aliphatic rings. The van der Waals surface area contributed by atoms with Crippen LogP contribution in [0.2, 0.25) is 0 Å². The van der Waals surface area contributed by atoms with E-state index in [-0.39, 0.29) is 0 Å². The fourth-order valence-corrected chi connectivity index (χ4v) is 4.55. The Morgan fingerprint density at radius 2 is 1.90 bits per heavy atom. The summed E-state index contributed by atoms with van der Waals surface area (Å²) in [4.78, 5) is 16.5. The topological polar surface area (TPSA) is 64.7 Å². The number of imidazole rings is 1. The molecule has 0 saturated carbocycles. The molecule has 4 aromatic rings. The maximum Gasteiger partial charge on any atom is 0.115 e. The number of piperidine rings is 1. The number of nitrogens with zero attached hydrogens (tertiary/aromatic N) is 7. The van der Waals surface area contributed by atoms with Gasteiger partial charge in [0, 0.05) is 55.4 Å². The second kappa shape index (κ2) is 8.23. The average molecular weight is 416 g/mol. The minimum Gasteiger partial charge on any atom is -0.328 e. The van der Waals surface area contributed by atoms with Crippen molar-refractivity contribution in [2.45, 2.75) is 45.2 Å². The molecule has 0 N–H and O–H groups in total. The number of hydrogen-bond donors (Lipinski definition) is 0. The number of aromatic nitrogens is 6. The van der Waals surface area contributed by atoms with E-state index >= 15 is 0 Å². The van der Waals surface area contributed by atoms with Crippen LogP contribution in [-0.4, -0.2) is 47.3 Å². The van der Waals surface area contributed by atoms with Crippen LogP contribution >= 0.6 is 0 Å². The maximum absolute atomic E-state index is 5.13. The normalized spacial score (nSPS) is 15.9. The molecule has 31 heavy (non-hydrogen) atoms. The SMILES string of the molecule is CC(C)n1cnc2c(-c3cnn(C)c3)nc(C3CCN(Cc4ccncc4)CC3)cc21. The zero-order chi connectivity index (χ0) is 21.4. The number of aryl methyl sites for hydroxylation is 1. The summed E-state index contributed by atoms with van der Waals surface area (Å²) in [5, 5.41) is 4.36. The lowest BCUT2D eigenvalue weighted by Gasteiger charge is -2.32. The van der Waals surface area contributed by atoms with Gasteiger partial charge in [0.2, 0.25) is 0 Å². The molecule has 1 aliphatic heterocycles. The zero-order valence-corrected chi connectivity index (χ0v) is 18.4. The molecule has 0 amide bonds. The fourth-order valence-electron chi connectivity index (χ4n) is 4.55. The summed E-state index contributed by atoms with van der Waals surface area (Å²) in [7, 11) is 1.94. The Hall–Kier alpha value is -3.06. The first-order valence-corrected chi connectivity index (χ1v) is 11.1. The summed E-state index contributed by atoms with van der Waals surface area (Å²) in [6.07, 6.45) is 11.8. The van der Waals surface area contributed by atoms with Crippen molar-refractivity contribution >= 4 is 11.0 Å². The number of rotatable bonds is 5. The highest BCUT2D eigenvalue weighted by molar-refractivity contribution is 5.90. The van der Waals surface area contributed by atoms with Crippen molar-refractivity contribution in [3.8, 4) is 11.3 Å². The molecule has 1 saturated heterocycles. The van der Waals surface area contributed by atoms with Gasteiger partial charge in [-0.05, 0) is 63.5 Å². The highest BCUT2D eigenvalue weighted by Crippen LogP contribution is 2.34. The van der Waals surface area contributed by atoms with Crippen LogP contribution in [0.4, 0.5) is 0 Å². The van der Waals surface area contributed by atoms with Crippen molar-refractivity contribution in [3.05, 3.63) is 60.6 Å². The molecule has 0 radical (unpaired) electrons. The van der Waals surface area contributed by atoms with E-state index in [1.54, 1.807) is 0 Å². The summed E-state index contributed by atoms with van der Waals surface area (Å²) in [6, 6.07) is 6.83. The molecule has 0 aliphatic carbocycles. The third-order valence-electron chi connectivity index (χ3n) is 6.28. The highest BCUT2D eigenvalue weighted by Gasteiger charge is 2.24. The van der Waals surface area contributed by atoms with Gasteiger partial charge in [0.1, 0.15) is 11.2 Å². The minimum absolute atomic E-state index is 0.351. The third-order valence-corrected chi connectivity index (χ3v) is 6.28. The van der Waals surface area contributed by atoms with Crippen molar-refractivity contribution < 1.29 is 0 Å². The van der Waals surface area contributed by atoms with Crippen LogP contribution in [-0.2, 0) is 13.6 Å². The molecule has 0 bridgehead atoms. The Labute approximate surface area is 182 Å². The largest absolute Gasteiger partial charge is 0.328 e. The third kappa shape index (κ3) is 3.97. The first-order chi connectivity index (χ1) is 15.1. The van der Waals surface area contributed by atoms with Gasteiger partial charge in [0.15, 0.2) is 0 Å². The predicted molar refractivity (Wildman–Crippen MR) is 122 cm³/mol. The van der Waals surface area contributed by atoms with Crippen molar-refractivity contribution in [1.29, 1.82) is 0 Å². The van der Waals surface area contributed by atoms with Gasteiger partial charge in [0.05, 0.1) is 18.0 Å². The van der Waals surface area contributed by atoms with Crippen molar-refractivity contribution in [2.24, 2.45) is 7.05 Å². The van der Waals surface area contributed by atoms with E-state index < -0.39 is 0 Å². The van der Waals surface area contributed by atoms with E-state index in [1.165, 1.54) is 11.3 Å². The van der Waals surface area contributed by atoms with Crippen LogP contribution in [0.25, 0.3) is 22.3 Å². The first-order valence-electron chi connectivity index (χ1n) is 11.1. The number of fused-ring (bicyclic) bond motifs is 1. The number of pyridine rings is 2. The van der Waals surface area contributed by atoms with E-state index in [1.807, 2.05) is 42.8 Å². The van der Waals surface area contributed by atoms with Crippen LogP contribution in [0.15, 0.2) is 49.3 Å². The van der Waals surface area contributed by atoms with Crippen molar-refractivity contribution in [1.82, 2.24) is 34.2 Å². The number of likely N-dealkylation sites (tertiary alicyclic amines) is 1. The van der Waals surface area contributed by atoms with Crippen LogP contribution in [0.3, 0.4) is 0 Å². The van der Waals surface area contributed by atoms with Gasteiger partial charge in [-0.2, -0.15) is 5.10 Å². The Morgan fingerprint density at radius 3 is 2.58 bits per heavy atom. The molecule has 5 heterocycles. The molecule has 4 aromatic heterocycles. The van der Waals surface area contributed by atoms with Gasteiger partial charge in [-0.25, -0.2) is 9.97 Å². The Morgan fingerprint density at radius 1 is 1.13 bits per heavy atom. The summed E-state index contributed by atoms with van der Waals surface area (Å²) in [5.41, 5.74) is 6.60. The summed E-state index contributed by atoms with van der Waals surface area (Å²) in [6.45, 7) is 7.55. The van der Waals surface area contributed by atoms with Gasteiger partial charge in [-0.1, -0.05) is 0 Å². The Balaban J connectivity index is 1.44. The maximum atomic E-state index is 5.13. The van der Waals surface area contributed by atoms with Gasteiger partial charge in [-0.3, -0.25) is 14.6 Å². The molecule has 5 rings (SSSR count). The Bertz CT molecular complexity index is 1170. The number of hydrogen-bond acceptors (Lipinski definition) is 5. The lowest BCUT2D eigenvalue weighted by atomic mass is 9.92. The van der Waals surface area contributed by atoms with Gasteiger partial charge < -0.3 is 4.57 Å². The van der Waals surface area contributed by atoms with Crippen LogP contribution in [0, 0.1) is 0 Å². The van der Waals surface area contributed by atoms with Crippen LogP contribution in [0.1, 0.15) is 49.9 Å². The summed E-state index contributed by atoms with van der Waals surface area (Å²) in [5.74, 6) is 0.462. The predicted octanol–water partition coefficient (Wildman–Crippen LogP) is 4.19. The average Bonchev–Trinajstić information content (AvgIpc) is 3.41. The van der Waals surface area contributed by atoms with E-state index in [4.69, 9.17) is 9.97 Å². The van der Waals surface area contributed by atoms with Gasteiger partial charge in [-0.15, -0.1) is 0 Å². The molecule has 0 atom stereocenters. The standard InChI is InChI=1S/C24H29N7/c1-17(2)31-16-26-24-22(31)12-21(28-23(24)20-13-27-29(3)15-20)19-6-10-30(11-7-19)14-18-4-8-25-9-5-18/h4-5,8-9,12-13,15-17,19H,6-7,10-11,14H2,1-3H3. The molecule has 0 spiro atoms. The van der Waals surface area contributed by atoms with Gasteiger partial charge in [0.25, 0.3) is 0 Å². The van der Waals surface area contributed by atoms with E-state index in [0.717, 1.165) is 54.8 Å². The molecule has 160 valence electrons. The molecular weight excluding hydrogens is 386 g/mol. The van der Waals surface area contributed by atoms with Crippen molar-refractivity contribution in [2.75, 3.05) is 13.1 Å². The van der Waals surface area contributed by atoms with Crippen LogP contribution in [0.5, 0.6) is 0 Å². The van der Waals surface area contributed by atoms with E-state index in [9.17, 15) is 0 Å². The minimum atomic E-state index is 0.351. The van der Waals surface area contributed by atoms with Crippen LogP contribution < -0.4 is 0 Å². The summed E-state index contributed by atoms with van der Waals surface area (Å²) >= 11 is 0. The molecule has 7 heteroatoms. The smallest absolute Gasteiger partial charge is 0.115 e. The summed E-state index contributed by atoms with van der Waals surface area (Å²) < 4.78 is 4.07. The molecule has 0 aromatic carbocycles.